The molecule has 0 saturated carbocycles. The van der Waals surface area contributed by atoms with Crippen LogP contribution in [-0.4, -0.2) is 38.3 Å². The molecule has 2 radical (unpaired) electrons. The monoisotopic (exact) mass is 340 g/mol. The van der Waals surface area contributed by atoms with Crippen molar-refractivity contribution in [2.24, 2.45) is 0 Å². The molecule has 2 heterocycles. The number of alkyl halides is 1. The van der Waals surface area contributed by atoms with E-state index in [4.69, 9.17) is 3.53 Å². The average molecular weight is 341 g/mol. The SMILES string of the molecule is Cc1c(CF)nc(-n2nccc2[O][Ga])n1-c1ccccc1. The van der Waals surface area contributed by atoms with Crippen molar-refractivity contribution in [1.82, 2.24) is 19.3 Å². The summed E-state index contributed by atoms with van der Waals surface area (Å²) < 4.78 is 22.0. The Morgan fingerprint density at radius 1 is 1.24 bits per heavy atom. The Kier molecular flexibility index (Phi) is 3.85. The molecule has 0 fully saturated rings. The molecule has 0 unspecified atom stereocenters. The number of halogens is 1. The standard InChI is InChI=1S/C14H13FN4O.Ga/c1-10-12(9-15)17-14(19-13(20)7-8-16-19)18(10)11-5-3-2-4-6-11;/h2-8,20H,9H2,1H3;/q;+1/p-1. The first kappa shape index (κ1) is 14.0. The van der Waals surface area contributed by atoms with Gasteiger partial charge in [-0.3, -0.25) is 0 Å². The molecule has 1 aromatic carbocycles. The van der Waals surface area contributed by atoms with E-state index in [9.17, 15) is 4.39 Å². The van der Waals surface area contributed by atoms with Crippen molar-refractivity contribution in [2.75, 3.05) is 0 Å². The first-order valence-corrected chi connectivity index (χ1v) is 7.36. The Bertz CT molecular complexity index is 754. The number of para-hydroxylation sites is 1. The molecule has 0 N–H and O–H groups in total. The van der Waals surface area contributed by atoms with Crippen LogP contribution >= 0.6 is 0 Å². The van der Waals surface area contributed by atoms with Crippen LogP contribution in [0.25, 0.3) is 11.6 Å². The molecule has 0 aliphatic heterocycles. The number of rotatable bonds is 4. The summed E-state index contributed by atoms with van der Waals surface area (Å²) in [6.45, 7) is 1.23. The van der Waals surface area contributed by atoms with Gasteiger partial charge in [-0.05, 0) is 0 Å². The van der Waals surface area contributed by atoms with Crippen molar-refractivity contribution in [1.29, 1.82) is 0 Å². The molecule has 0 aliphatic rings. The van der Waals surface area contributed by atoms with Crippen molar-refractivity contribution in [3.05, 3.63) is 54.0 Å². The summed E-state index contributed by atoms with van der Waals surface area (Å²) in [6, 6.07) is 11.4. The van der Waals surface area contributed by atoms with Crippen LogP contribution in [0, 0.1) is 6.92 Å². The van der Waals surface area contributed by atoms with Crippen molar-refractivity contribution >= 4 is 19.0 Å². The number of aromatic nitrogens is 4. The Balaban J connectivity index is 2.26. The van der Waals surface area contributed by atoms with Crippen LogP contribution in [0.4, 0.5) is 4.39 Å². The zero-order valence-corrected chi connectivity index (χ0v) is 13.8. The van der Waals surface area contributed by atoms with Gasteiger partial charge in [-0.25, -0.2) is 0 Å². The molecule has 21 heavy (non-hydrogen) atoms. The first-order valence-electron chi connectivity index (χ1n) is 6.37. The van der Waals surface area contributed by atoms with E-state index in [0.717, 1.165) is 30.3 Å². The topological polar surface area (TPSA) is 44.9 Å². The van der Waals surface area contributed by atoms with E-state index >= 15 is 0 Å². The fourth-order valence-corrected chi connectivity index (χ4v) is 2.59. The summed E-state index contributed by atoms with van der Waals surface area (Å²) in [7, 11) is 0. The van der Waals surface area contributed by atoms with Crippen LogP contribution < -0.4 is 3.53 Å². The Labute approximate surface area is 131 Å². The van der Waals surface area contributed by atoms with E-state index in [1.807, 2.05) is 41.8 Å². The quantitative estimate of drug-likeness (QED) is 0.684. The molecule has 0 atom stereocenters. The summed E-state index contributed by atoms with van der Waals surface area (Å²) in [5.41, 5.74) is 2.05. The third-order valence-electron chi connectivity index (χ3n) is 3.25. The van der Waals surface area contributed by atoms with Crippen LogP contribution in [-0.2, 0) is 6.67 Å². The molecule has 0 saturated heterocycles. The second-order valence-electron chi connectivity index (χ2n) is 4.45. The first-order chi connectivity index (χ1) is 10.3. The van der Waals surface area contributed by atoms with Gasteiger partial charge in [-0.1, -0.05) is 0 Å². The molecule has 5 nitrogen and oxygen atoms in total. The van der Waals surface area contributed by atoms with Crippen molar-refractivity contribution in [2.45, 2.75) is 13.6 Å². The third-order valence-corrected chi connectivity index (χ3v) is 3.75. The molecular weight excluding hydrogens is 329 g/mol. The van der Waals surface area contributed by atoms with Crippen molar-refractivity contribution in [3.63, 3.8) is 0 Å². The summed E-state index contributed by atoms with van der Waals surface area (Å²) in [5.74, 6) is 1.09. The van der Waals surface area contributed by atoms with E-state index in [0.29, 0.717) is 17.5 Å². The second kappa shape index (κ2) is 5.78. The van der Waals surface area contributed by atoms with E-state index < -0.39 is 6.67 Å². The minimum atomic E-state index is -0.619. The molecule has 0 spiro atoms. The van der Waals surface area contributed by atoms with Gasteiger partial charge in [0.15, 0.2) is 0 Å². The maximum atomic E-state index is 13.2. The van der Waals surface area contributed by atoms with Gasteiger partial charge in [0, 0.05) is 0 Å². The summed E-state index contributed by atoms with van der Waals surface area (Å²) >= 11 is 1.10. The van der Waals surface area contributed by atoms with Crippen LogP contribution in [0.1, 0.15) is 11.4 Å². The zero-order chi connectivity index (χ0) is 14.8. The van der Waals surface area contributed by atoms with E-state index in [2.05, 4.69) is 10.1 Å². The van der Waals surface area contributed by atoms with Gasteiger partial charge < -0.3 is 0 Å². The second-order valence-corrected chi connectivity index (χ2v) is 4.94. The van der Waals surface area contributed by atoms with Crippen LogP contribution in [0.3, 0.4) is 0 Å². The molecule has 104 valence electrons. The maximum absolute atomic E-state index is 13.2. The van der Waals surface area contributed by atoms with Crippen LogP contribution in [0.5, 0.6) is 5.88 Å². The summed E-state index contributed by atoms with van der Waals surface area (Å²) in [5, 5.41) is 4.23. The number of imidazole rings is 1. The van der Waals surface area contributed by atoms with Crippen LogP contribution in [0.15, 0.2) is 42.6 Å². The van der Waals surface area contributed by atoms with Gasteiger partial charge in [0.05, 0.1) is 0 Å². The minimum absolute atomic E-state index is 0.400. The molecule has 2 aromatic heterocycles. The van der Waals surface area contributed by atoms with E-state index in [1.165, 1.54) is 0 Å². The van der Waals surface area contributed by atoms with Gasteiger partial charge in [-0.15, -0.1) is 0 Å². The van der Waals surface area contributed by atoms with Gasteiger partial charge in [0.1, 0.15) is 0 Å². The molecule has 0 amide bonds. The molecular formula is C14H12FGaN4O. The Morgan fingerprint density at radius 2 is 2.00 bits per heavy atom. The molecule has 0 bridgehead atoms. The van der Waals surface area contributed by atoms with Crippen molar-refractivity contribution in [3.8, 4) is 17.5 Å². The molecule has 3 rings (SSSR count). The normalized spacial score (nSPS) is 10.8. The fourth-order valence-electron chi connectivity index (χ4n) is 2.22. The van der Waals surface area contributed by atoms with Crippen molar-refractivity contribution < 1.29 is 7.92 Å². The van der Waals surface area contributed by atoms with Gasteiger partial charge >= 0.3 is 131 Å². The van der Waals surface area contributed by atoms with E-state index in [-0.39, 0.29) is 0 Å². The number of hydrogen-bond donors (Lipinski definition) is 0. The summed E-state index contributed by atoms with van der Waals surface area (Å²) in [6.07, 6.45) is 1.63. The van der Waals surface area contributed by atoms with Gasteiger partial charge in [-0.2, -0.15) is 0 Å². The van der Waals surface area contributed by atoms with Gasteiger partial charge in [0.25, 0.3) is 0 Å². The summed E-state index contributed by atoms with van der Waals surface area (Å²) in [4.78, 5) is 4.37. The Hall–Kier alpha value is -1.99. The van der Waals surface area contributed by atoms with E-state index in [1.54, 1.807) is 16.9 Å². The third kappa shape index (κ3) is 2.38. The van der Waals surface area contributed by atoms with Gasteiger partial charge in [0.2, 0.25) is 0 Å². The molecule has 7 heteroatoms. The predicted octanol–water partition coefficient (Wildman–Crippen LogP) is 2.30. The number of benzene rings is 1. The molecule has 3 aromatic rings. The van der Waals surface area contributed by atoms with Crippen LogP contribution in [0.2, 0.25) is 0 Å². The Morgan fingerprint density at radius 3 is 2.67 bits per heavy atom. The molecule has 0 aliphatic carbocycles. The number of nitrogens with zero attached hydrogens (tertiary/aromatic N) is 4. The fraction of sp³-hybridized carbons (Fsp3) is 0.143. The average Bonchev–Trinajstić information content (AvgIpc) is 3.11. The zero-order valence-electron chi connectivity index (χ0n) is 11.4. The predicted molar refractivity (Wildman–Crippen MR) is 76.6 cm³/mol. The number of hydrogen-bond acceptors (Lipinski definition) is 3.